The molecule has 5 atom stereocenters. The van der Waals surface area contributed by atoms with Crippen molar-refractivity contribution in [2.75, 3.05) is 39.0 Å². The standard InChI is InChI=1S/C27H47N11O10S/c1-5-48-23-19(9-7-13-36(23)25(29)33-38(44)45)31-21(40)15-35(4)22(41)18(8-6-12-30-24(28)32-37(42)43)34-49(46,47)16-27-11-10-17(14-20(27)39)26(27,2)3/h17-19,23,34H,5-16H2,1-4H3,(H2,29,33)(H,31,40)(H3,28,30,32). The molecule has 7 N–H and O–H groups in total. The van der Waals surface area contributed by atoms with Gasteiger partial charge in [0.25, 0.3) is 11.9 Å². The van der Waals surface area contributed by atoms with Gasteiger partial charge in [-0.05, 0) is 56.8 Å². The van der Waals surface area contributed by atoms with Crippen LogP contribution in [0.5, 0.6) is 0 Å². The number of hydrazine groups is 2. The number of carbonyl (C=O) groups is 3. The molecule has 2 aliphatic carbocycles. The van der Waals surface area contributed by atoms with E-state index in [1.54, 1.807) is 17.8 Å². The van der Waals surface area contributed by atoms with E-state index in [0.717, 1.165) is 11.3 Å². The van der Waals surface area contributed by atoms with Gasteiger partial charge in [-0.15, -0.1) is 0 Å². The number of likely N-dealkylation sites (N-methyl/N-ethyl adjacent to an activating group) is 1. The molecule has 3 aliphatic rings. The van der Waals surface area contributed by atoms with Crippen LogP contribution in [0.2, 0.25) is 0 Å². The number of likely N-dealkylation sites (tertiary alicyclic amines) is 1. The van der Waals surface area contributed by atoms with E-state index in [9.17, 15) is 43.0 Å². The summed E-state index contributed by atoms with van der Waals surface area (Å²) in [5.41, 5.74) is 7.29. The van der Waals surface area contributed by atoms with Crippen LogP contribution < -0.4 is 26.6 Å². The van der Waals surface area contributed by atoms with Crippen molar-refractivity contribution in [3.05, 3.63) is 20.2 Å². The van der Waals surface area contributed by atoms with Gasteiger partial charge in [-0.2, -0.15) is 0 Å². The Morgan fingerprint density at radius 2 is 1.90 bits per heavy atom. The van der Waals surface area contributed by atoms with Crippen molar-refractivity contribution in [2.45, 2.75) is 84.0 Å². The maximum Gasteiger partial charge on any atom is 0.256 e. The molecule has 2 amide bonds. The molecule has 5 unspecified atom stereocenters. The lowest BCUT2D eigenvalue weighted by molar-refractivity contribution is -0.527. The van der Waals surface area contributed by atoms with Crippen LogP contribution in [0.1, 0.15) is 65.7 Å². The van der Waals surface area contributed by atoms with Gasteiger partial charge in [-0.1, -0.05) is 24.7 Å². The summed E-state index contributed by atoms with van der Waals surface area (Å²) >= 11 is 0. The van der Waals surface area contributed by atoms with Crippen LogP contribution in [-0.2, 0) is 29.1 Å². The van der Waals surface area contributed by atoms with Crippen molar-refractivity contribution < 1.29 is 37.6 Å². The number of ether oxygens (including phenoxy) is 1. The number of rotatable bonds is 16. The quantitative estimate of drug-likeness (QED) is 0.0354. The molecule has 1 aliphatic heterocycles. The maximum absolute atomic E-state index is 13.7. The van der Waals surface area contributed by atoms with E-state index in [2.05, 4.69) is 15.0 Å². The normalized spacial score (nSPS) is 25.4. The third-order valence-electron chi connectivity index (χ3n) is 9.83. The summed E-state index contributed by atoms with van der Waals surface area (Å²) in [6, 6.07) is -2.06. The average Bonchev–Trinajstić information content (AvgIpc) is 3.32. The smallest absolute Gasteiger partial charge is 0.256 e. The monoisotopic (exact) mass is 717 g/mol. The third kappa shape index (κ3) is 9.50. The van der Waals surface area contributed by atoms with Gasteiger partial charge in [-0.25, -0.2) is 38.4 Å². The lowest BCUT2D eigenvalue weighted by Gasteiger charge is -2.41. The second-order valence-electron chi connectivity index (χ2n) is 13.1. The number of nitrogens with zero attached hydrogens (tertiary/aromatic N) is 5. The van der Waals surface area contributed by atoms with E-state index in [1.165, 1.54) is 11.9 Å². The minimum absolute atomic E-state index is 0.0712. The van der Waals surface area contributed by atoms with Gasteiger partial charge < -0.3 is 25.6 Å². The molecule has 1 saturated heterocycles. The van der Waals surface area contributed by atoms with Crippen LogP contribution in [0.4, 0.5) is 0 Å². The molecule has 2 saturated carbocycles. The number of ketones is 1. The van der Waals surface area contributed by atoms with Crippen molar-refractivity contribution >= 4 is 39.5 Å². The van der Waals surface area contributed by atoms with Crippen LogP contribution >= 0.6 is 0 Å². The van der Waals surface area contributed by atoms with Gasteiger partial charge in [0.05, 0.1) is 18.3 Å². The Kier molecular flexibility index (Phi) is 12.8. The molecule has 2 bridgehead atoms. The number of guanidine groups is 2. The zero-order valence-electron chi connectivity index (χ0n) is 28.1. The number of nitrogens with one attached hydrogen (secondary N) is 5. The number of sulfonamides is 1. The maximum atomic E-state index is 13.7. The van der Waals surface area contributed by atoms with E-state index in [1.807, 2.05) is 13.8 Å². The largest absolute Gasteiger partial charge is 0.365 e. The highest BCUT2D eigenvalue weighted by Crippen LogP contribution is 2.64. The molecular formula is C27H47N11O10S. The molecule has 0 radical (unpaired) electrons. The minimum atomic E-state index is -4.22. The molecule has 0 spiro atoms. The van der Waals surface area contributed by atoms with Gasteiger partial charge in [0.15, 0.2) is 16.3 Å². The number of nitro groups is 2. The minimum Gasteiger partial charge on any atom is -0.365 e. The number of amides is 2. The Bertz CT molecular complexity index is 1440. The number of nitrogens with two attached hydrogens (primary N) is 1. The molecule has 22 heteroatoms. The van der Waals surface area contributed by atoms with Gasteiger partial charge in [0.2, 0.25) is 21.8 Å². The highest BCUT2D eigenvalue weighted by molar-refractivity contribution is 7.89. The topological polar surface area (TPSA) is 298 Å². The number of piperidine rings is 1. The average molecular weight is 718 g/mol. The van der Waals surface area contributed by atoms with Crippen LogP contribution in [0.25, 0.3) is 0 Å². The first-order valence-corrected chi connectivity index (χ1v) is 17.6. The zero-order chi connectivity index (χ0) is 36.7. The van der Waals surface area contributed by atoms with Gasteiger partial charge in [0, 0.05) is 38.6 Å². The summed E-state index contributed by atoms with van der Waals surface area (Å²) < 4.78 is 35.4. The summed E-state index contributed by atoms with van der Waals surface area (Å²) in [7, 11) is -2.91. The number of fused-ring (bicyclic) bond motifs is 2. The Balaban J connectivity index is 1.73. The lowest BCUT2D eigenvalue weighted by Crippen LogP contribution is -2.61. The van der Waals surface area contributed by atoms with E-state index in [0.29, 0.717) is 25.7 Å². The van der Waals surface area contributed by atoms with E-state index in [4.69, 9.17) is 15.9 Å². The molecule has 3 rings (SSSR count). The highest BCUT2D eigenvalue weighted by Gasteiger charge is 2.65. The summed E-state index contributed by atoms with van der Waals surface area (Å²) in [5, 5.41) is 30.5. The number of carbonyl (C=O) groups excluding carboxylic acids is 3. The van der Waals surface area contributed by atoms with Crippen molar-refractivity contribution in [2.24, 2.45) is 27.5 Å². The van der Waals surface area contributed by atoms with Crippen LogP contribution in [-0.4, -0.2) is 115 Å². The summed E-state index contributed by atoms with van der Waals surface area (Å²) in [6.45, 7) is 5.34. The summed E-state index contributed by atoms with van der Waals surface area (Å²) in [6.07, 6.45) is 1.41. The molecule has 49 heavy (non-hydrogen) atoms. The lowest BCUT2D eigenvalue weighted by atomic mass is 9.70. The number of aliphatic imine (C=N–C) groups is 1. The van der Waals surface area contributed by atoms with Crippen molar-refractivity contribution in [3.8, 4) is 0 Å². The molecule has 21 nitrogen and oxygen atoms in total. The summed E-state index contributed by atoms with van der Waals surface area (Å²) in [5.74, 6) is -2.90. The van der Waals surface area contributed by atoms with E-state index in [-0.39, 0.29) is 44.2 Å². The first-order chi connectivity index (χ1) is 22.8. The first-order valence-electron chi connectivity index (χ1n) is 16.0. The number of Topliss-reactive ketones (excluding diaryl/α,β-unsaturated/α-hetero) is 1. The van der Waals surface area contributed by atoms with Crippen LogP contribution in [0.3, 0.4) is 0 Å². The molecule has 0 aromatic heterocycles. The Morgan fingerprint density at radius 3 is 2.47 bits per heavy atom. The van der Waals surface area contributed by atoms with Gasteiger partial charge in [-0.3, -0.25) is 19.8 Å². The molecule has 1 heterocycles. The van der Waals surface area contributed by atoms with Crippen molar-refractivity contribution in [1.29, 1.82) is 5.41 Å². The van der Waals surface area contributed by atoms with Crippen molar-refractivity contribution in [3.63, 3.8) is 0 Å². The van der Waals surface area contributed by atoms with Gasteiger partial charge >= 0.3 is 0 Å². The predicted molar refractivity (Wildman–Crippen MR) is 174 cm³/mol. The Morgan fingerprint density at radius 1 is 1.22 bits per heavy atom. The predicted octanol–water partition coefficient (Wildman–Crippen LogP) is -1.34. The molecule has 0 aromatic rings. The number of hydrogen-bond acceptors (Lipinski definition) is 12. The fourth-order valence-electron chi connectivity index (χ4n) is 7.24. The molecular weight excluding hydrogens is 670 g/mol. The first kappa shape index (κ1) is 39.3. The Labute approximate surface area is 283 Å². The van der Waals surface area contributed by atoms with Gasteiger partial charge in [0.1, 0.15) is 11.8 Å². The molecule has 3 fully saturated rings. The van der Waals surface area contributed by atoms with E-state index < -0.39 is 85.3 Å². The Hall–Kier alpha value is -4.18. The third-order valence-corrected chi connectivity index (χ3v) is 11.3. The summed E-state index contributed by atoms with van der Waals surface area (Å²) in [4.78, 5) is 67.5. The van der Waals surface area contributed by atoms with Crippen LogP contribution in [0, 0.1) is 42.4 Å². The second kappa shape index (κ2) is 16.0. The number of hydrogen-bond donors (Lipinski definition) is 6. The van der Waals surface area contributed by atoms with Crippen molar-refractivity contribution in [1.82, 2.24) is 30.7 Å². The highest BCUT2D eigenvalue weighted by atomic mass is 32.2. The molecule has 0 aromatic carbocycles. The fraction of sp³-hybridized carbons (Fsp3) is 0.815. The van der Waals surface area contributed by atoms with Crippen LogP contribution in [0.15, 0.2) is 4.99 Å². The SMILES string of the molecule is CCOC1C(NC(=O)CN(C)C(=O)C(CCCN=C(N)N[N+](=O)[O-])NS(=O)(=O)CC23CCC(CC2=O)C3(C)C)CCCN1C(=N)N[N+](=O)[O-]. The zero-order valence-corrected chi connectivity index (χ0v) is 28.9. The van der Waals surface area contributed by atoms with E-state index >= 15 is 0 Å². The molecule has 276 valence electrons. The second-order valence-corrected chi connectivity index (χ2v) is 14.9. The fourth-order valence-corrected chi connectivity index (χ4v) is 9.30.